The van der Waals surface area contributed by atoms with E-state index in [4.69, 9.17) is 9.47 Å². The molecule has 198 valence electrons. The van der Waals surface area contributed by atoms with Crippen molar-refractivity contribution in [2.24, 2.45) is 14.1 Å². The summed E-state index contributed by atoms with van der Waals surface area (Å²) in [5, 5.41) is 3.24. The first kappa shape index (κ1) is 26.9. The number of halogens is 1. The lowest BCUT2D eigenvalue weighted by molar-refractivity contribution is -0.118. The minimum atomic E-state index is -0.565. The first-order valence-electron chi connectivity index (χ1n) is 11.6. The van der Waals surface area contributed by atoms with Crippen LogP contribution in [0.2, 0.25) is 0 Å². The summed E-state index contributed by atoms with van der Waals surface area (Å²) in [6.45, 7) is 0.385. The van der Waals surface area contributed by atoms with Gasteiger partial charge < -0.3 is 14.8 Å². The number of hydrogen-bond donors (Lipinski definition) is 1. The lowest BCUT2D eigenvalue weighted by atomic mass is 10.1. The van der Waals surface area contributed by atoms with Gasteiger partial charge in [-0.3, -0.25) is 18.7 Å². The molecule has 2 heterocycles. The van der Waals surface area contributed by atoms with Gasteiger partial charge in [-0.15, -0.1) is 0 Å². The van der Waals surface area contributed by atoms with Crippen LogP contribution in [0.25, 0.3) is 22.4 Å². The number of ether oxygens (including phenoxy) is 2. The largest absolute Gasteiger partial charge is 0.493 e. The Kier molecular flexibility index (Phi) is 8.10. The molecule has 2 aromatic heterocycles. The minimum Gasteiger partial charge on any atom is -0.493 e. The molecule has 10 nitrogen and oxygen atoms in total. The Morgan fingerprint density at radius 2 is 1.71 bits per heavy atom. The number of benzene rings is 2. The van der Waals surface area contributed by atoms with Crippen LogP contribution in [0.5, 0.6) is 11.5 Å². The third-order valence-electron chi connectivity index (χ3n) is 5.89. The maximum Gasteiger partial charge on any atom is 0.332 e. The Morgan fingerprint density at radius 1 is 1.00 bits per heavy atom. The van der Waals surface area contributed by atoms with E-state index >= 15 is 0 Å². The lowest BCUT2D eigenvalue weighted by Gasteiger charge is -2.12. The maximum atomic E-state index is 13.5. The third-order valence-corrected chi connectivity index (χ3v) is 6.87. The number of carbonyl (C=O) groups is 1. The van der Waals surface area contributed by atoms with Gasteiger partial charge in [0.2, 0.25) is 5.91 Å². The van der Waals surface area contributed by atoms with Crippen LogP contribution in [-0.4, -0.2) is 51.5 Å². The van der Waals surface area contributed by atoms with E-state index in [-0.39, 0.29) is 33.5 Å². The van der Waals surface area contributed by atoms with E-state index in [0.29, 0.717) is 30.0 Å². The topological polar surface area (TPSA) is 117 Å². The number of nitrogens with one attached hydrogen (secondary N) is 1. The fraction of sp³-hybridized carbons (Fsp3) is 0.269. The number of nitrogens with zero attached hydrogens (tertiary/aromatic N) is 4. The summed E-state index contributed by atoms with van der Waals surface area (Å²) >= 11 is 1.06. The molecule has 0 aliphatic rings. The molecular formula is C26H26FN5O5S. The Balaban J connectivity index is 1.55. The second-order valence-electron chi connectivity index (χ2n) is 8.34. The van der Waals surface area contributed by atoms with E-state index in [1.807, 2.05) is 12.1 Å². The van der Waals surface area contributed by atoms with Crippen molar-refractivity contribution in [2.45, 2.75) is 11.4 Å². The summed E-state index contributed by atoms with van der Waals surface area (Å²) in [6, 6.07) is 11.1. The molecule has 12 heteroatoms. The van der Waals surface area contributed by atoms with Gasteiger partial charge in [-0.25, -0.2) is 19.2 Å². The first-order valence-corrected chi connectivity index (χ1v) is 12.6. The van der Waals surface area contributed by atoms with Crippen molar-refractivity contribution in [2.75, 3.05) is 26.5 Å². The van der Waals surface area contributed by atoms with Crippen LogP contribution in [0, 0.1) is 5.82 Å². The number of amides is 1. The highest BCUT2D eigenvalue weighted by Crippen LogP contribution is 2.28. The zero-order valence-corrected chi connectivity index (χ0v) is 22.1. The smallest absolute Gasteiger partial charge is 0.332 e. The van der Waals surface area contributed by atoms with Gasteiger partial charge in [-0.1, -0.05) is 17.8 Å². The van der Waals surface area contributed by atoms with Crippen molar-refractivity contribution < 1.29 is 18.7 Å². The maximum absolute atomic E-state index is 13.5. The Hall–Kier alpha value is -4.19. The van der Waals surface area contributed by atoms with E-state index in [1.165, 1.54) is 42.9 Å². The van der Waals surface area contributed by atoms with E-state index in [2.05, 4.69) is 15.3 Å². The zero-order valence-electron chi connectivity index (χ0n) is 21.3. The summed E-state index contributed by atoms with van der Waals surface area (Å²) in [5.74, 6) is 0.736. The molecule has 0 saturated heterocycles. The van der Waals surface area contributed by atoms with Crippen molar-refractivity contribution in [1.29, 1.82) is 0 Å². The van der Waals surface area contributed by atoms with Crippen LogP contribution < -0.4 is 26.0 Å². The monoisotopic (exact) mass is 539 g/mol. The predicted octanol–water partition coefficient (Wildman–Crippen LogP) is 2.30. The fourth-order valence-electron chi connectivity index (χ4n) is 3.83. The number of thioether (sulfide) groups is 1. The average Bonchev–Trinajstić information content (AvgIpc) is 2.93. The van der Waals surface area contributed by atoms with Crippen molar-refractivity contribution in [3.05, 3.63) is 74.7 Å². The van der Waals surface area contributed by atoms with Gasteiger partial charge >= 0.3 is 5.69 Å². The van der Waals surface area contributed by atoms with E-state index in [0.717, 1.165) is 21.9 Å². The normalized spacial score (nSPS) is 11.0. The molecule has 0 aliphatic carbocycles. The quantitative estimate of drug-likeness (QED) is 0.254. The molecule has 0 saturated carbocycles. The number of fused-ring (bicyclic) bond motifs is 1. The first-order chi connectivity index (χ1) is 18.2. The van der Waals surface area contributed by atoms with Crippen LogP contribution in [0.3, 0.4) is 0 Å². The number of aromatic nitrogens is 4. The summed E-state index contributed by atoms with van der Waals surface area (Å²) in [4.78, 5) is 47.0. The number of aryl methyl sites for hydroxylation is 1. The molecule has 4 aromatic rings. The van der Waals surface area contributed by atoms with Gasteiger partial charge in [0.05, 0.1) is 20.0 Å². The van der Waals surface area contributed by atoms with Gasteiger partial charge in [-0.2, -0.15) is 0 Å². The highest BCUT2D eigenvalue weighted by Gasteiger charge is 2.19. The van der Waals surface area contributed by atoms with Crippen molar-refractivity contribution >= 4 is 28.7 Å². The molecule has 0 fully saturated rings. The van der Waals surface area contributed by atoms with Crippen LogP contribution in [0.15, 0.2) is 57.1 Å². The van der Waals surface area contributed by atoms with Gasteiger partial charge in [0, 0.05) is 26.2 Å². The number of hydrogen-bond acceptors (Lipinski definition) is 8. The zero-order chi connectivity index (χ0) is 27.4. The molecule has 0 atom stereocenters. The Bertz CT molecular complexity index is 1620. The average molecular weight is 540 g/mol. The highest BCUT2D eigenvalue weighted by atomic mass is 32.2. The van der Waals surface area contributed by atoms with Gasteiger partial charge in [0.1, 0.15) is 16.2 Å². The fourth-order valence-corrected chi connectivity index (χ4v) is 4.67. The minimum absolute atomic E-state index is 0.0209. The molecule has 4 rings (SSSR count). The van der Waals surface area contributed by atoms with Crippen LogP contribution in [0.1, 0.15) is 5.56 Å². The molecule has 0 bridgehead atoms. The second-order valence-corrected chi connectivity index (χ2v) is 9.31. The summed E-state index contributed by atoms with van der Waals surface area (Å²) in [5.41, 5.74) is 0.484. The summed E-state index contributed by atoms with van der Waals surface area (Å²) in [6.07, 6.45) is 0.574. The molecule has 2 aromatic carbocycles. The van der Waals surface area contributed by atoms with E-state index < -0.39 is 17.1 Å². The van der Waals surface area contributed by atoms with Crippen LogP contribution >= 0.6 is 11.8 Å². The highest BCUT2D eigenvalue weighted by molar-refractivity contribution is 8.00. The van der Waals surface area contributed by atoms with Gasteiger partial charge in [0.25, 0.3) is 5.56 Å². The summed E-state index contributed by atoms with van der Waals surface area (Å²) in [7, 11) is 5.99. The third kappa shape index (κ3) is 5.54. The number of rotatable bonds is 9. The standard InChI is InChI=1S/C26H26FN5O5S/c1-31-23-21(25(34)32(2)26(31)35)24(30-22(29-23)16-6-8-17(27)9-7-16)38-14-20(33)28-12-11-15-5-10-18(36-3)19(13-15)37-4/h5-10,13H,11-12,14H2,1-4H3,(H,28,33). The SMILES string of the molecule is COc1ccc(CCNC(=O)CSc2nc(-c3ccc(F)cc3)nc3c2c(=O)n(C)c(=O)n3C)cc1OC. The number of carbonyl (C=O) groups excluding carboxylic acids is 1. The molecule has 0 spiro atoms. The Labute approximate surface area is 221 Å². The molecule has 1 amide bonds. The van der Waals surface area contributed by atoms with E-state index in [1.54, 1.807) is 20.3 Å². The van der Waals surface area contributed by atoms with E-state index in [9.17, 15) is 18.8 Å². The molecule has 1 N–H and O–H groups in total. The van der Waals surface area contributed by atoms with Gasteiger partial charge in [-0.05, 0) is 48.4 Å². The van der Waals surface area contributed by atoms with Crippen LogP contribution in [0.4, 0.5) is 4.39 Å². The van der Waals surface area contributed by atoms with Crippen molar-refractivity contribution in [3.8, 4) is 22.9 Å². The van der Waals surface area contributed by atoms with Crippen molar-refractivity contribution in [3.63, 3.8) is 0 Å². The Morgan fingerprint density at radius 3 is 2.39 bits per heavy atom. The molecule has 0 radical (unpaired) electrons. The molecule has 0 aliphatic heterocycles. The lowest BCUT2D eigenvalue weighted by Crippen LogP contribution is -2.37. The molecular weight excluding hydrogens is 513 g/mol. The predicted molar refractivity (Wildman–Crippen MR) is 142 cm³/mol. The second kappa shape index (κ2) is 11.5. The van der Waals surface area contributed by atoms with Crippen molar-refractivity contribution in [1.82, 2.24) is 24.4 Å². The van der Waals surface area contributed by atoms with Gasteiger partial charge in [0.15, 0.2) is 23.0 Å². The molecule has 38 heavy (non-hydrogen) atoms. The number of methoxy groups -OCH3 is 2. The summed E-state index contributed by atoms with van der Waals surface area (Å²) < 4.78 is 26.2. The molecule has 0 unspecified atom stereocenters. The van der Waals surface area contributed by atoms with Crippen LogP contribution in [-0.2, 0) is 25.3 Å².